The van der Waals surface area contributed by atoms with E-state index in [0.29, 0.717) is 61.2 Å². The van der Waals surface area contributed by atoms with Crippen molar-refractivity contribution in [2.24, 2.45) is 0 Å². The Hall–Kier alpha value is -5.14. The van der Waals surface area contributed by atoms with Crippen LogP contribution in [-0.4, -0.2) is 57.8 Å². The molecule has 5 rings (SSSR count). The van der Waals surface area contributed by atoms with Gasteiger partial charge >= 0.3 is 0 Å². The molecule has 2 amide bonds. The Kier molecular flexibility index (Phi) is 8.04. The molecule has 0 spiro atoms. The molecule has 1 N–H and O–H groups in total. The van der Waals surface area contributed by atoms with Crippen LogP contribution in [-0.2, 0) is 6.54 Å². The molecule has 0 bridgehead atoms. The number of hydrogen-bond acceptors (Lipinski definition) is 7. The fourth-order valence-corrected chi connectivity index (χ4v) is 4.25. The number of aromatic nitrogens is 2. The van der Waals surface area contributed by atoms with Crippen molar-refractivity contribution in [3.05, 3.63) is 113 Å². The number of nitrogens with zero attached hydrogens (tertiary/aromatic N) is 5. The molecule has 2 aromatic heterocycles. The predicted molar refractivity (Wildman–Crippen MR) is 145 cm³/mol. The summed E-state index contributed by atoms with van der Waals surface area (Å²) in [7, 11) is 0. The minimum Gasteiger partial charge on any atom is -0.439 e. The zero-order chi connectivity index (χ0) is 27.9. The third kappa shape index (κ3) is 6.64. The second-order valence-electron chi connectivity index (χ2n) is 9.21. The van der Waals surface area contributed by atoms with Gasteiger partial charge in [0.2, 0.25) is 5.88 Å². The highest BCUT2D eigenvalue weighted by molar-refractivity contribution is 6.03. The summed E-state index contributed by atoms with van der Waals surface area (Å²) in [6.07, 6.45) is 2.86. The zero-order valence-corrected chi connectivity index (χ0v) is 21.5. The zero-order valence-electron chi connectivity index (χ0n) is 21.5. The van der Waals surface area contributed by atoms with E-state index in [1.54, 1.807) is 59.5 Å². The number of nitriles is 1. The highest BCUT2D eigenvalue weighted by Gasteiger charge is 2.23. The van der Waals surface area contributed by atoms with Crippen LogP contribution in [0.5, 0.6) is 11.6 Å². The lowest BCUT2D eigenvalue weighted by atomic mass is 10.1. The van der Waals surface area contributed by atoms with Crippen LogP contribution in [0.4, 0.5) is 10.1 Å². The van der Waals surface area contributed by atoms with Crippen molar-refractivity contribution in [1.82, 2.24) is 19.8 Å². The van der Waals surface area contributed by atoms with Crippen molar-refractivity contribution in [2.75, 3.05) is 31.5 Å². The minimum absolute atomic E-state index is 0.138. The van der Waals surface area contributed by atoms with Gasteiger partial charge in [-0.2, -0.15) is 5.26 Å². The first-order chi connectivity index (χ1) is 19.5. The number of anilines is 1. The lowest BCUT2D eigenvalue weighted by Gasteiger charge is -2.34. The lowest BCUT2D eigenvalue weighted by Crippen LogP contribution is -2.48. The highest BCUT2D eigenvalue weighted by Crippen LogP contribution is 2.21. The quantitative estimate of drug-likeness (QED) is 0.370. The van der Waals surface area contributed by atoms with Crippen LogP contribution in [0.1, 0.15) is 32.0 Å². The topological polar surface area (TPSA) is 111 Å². The Labute approximate surface area is 230 Å². The molecule has 2 aromatic carbocycles. The molecule has 0 radical (unpaired) electrons. The number of ether oxygens (including phenoxy) is 1. The molecule has 40 heavy (non-hydrogen) atoms. The number of rotatable bonds is 7. The van der Waals surface area contributed by atoms with E-state index in [4.69, 9.17) is 10.00 Å². The van der Waals surface area contributed by atoms with E-state index in [0.717, 1.165) is 5.56 Å². The first-order valence-electron chi connectivity index (χ1n) is 12.6. The average molecular weight is 537 g/mol. The molecule has 200 valence electrons. The van der Waals surface area contributed by atoms with E-state index in [1.807, 2.05) is 0 Å². The lowest BCUT2D eigenvalue weighted by molar-refractivity contribution is 0.0627. The molecule has 0 atom stereocenters. The molecular weight excluding hydrogens is 511 g/mol. The van der Waals surface area contributed by atoms with Gasteiger partial charge < -0.3 is 15.0 Å². The van der Waals surface area contributed by atoms with Crippen molar-refractivity contribution in [2.45, 2.75) is 6.54 Å². The van der Waals surface area contributed by atoms with Crippen molar-refractivity contribution in [3.63, 3.8) is 0 Å². The number of carbonyl (C=O) groups excluding carboxylic acids is 2. The molecule has 0 unspecified atom stereocenters. The van der Waals surface area contributed by atoms with Gasteiger partial charge in [-0.1, -0.05) is 18.2 Å². The molecule has 10 heteroatoms. The van der Waals surface area contributed by atoms with Crippen molar-refractivity contribution in [3.8, 4) is 17.7 Å². The Morgan fingerprint density at radius 3 is 2.42 bits per heavy atom. The molecule has 3 heterocycles. The maximum atomic E-state index is 13.1. The second kappa shape index (κ2) is 12.1. The standard InChI is InChI=1S/C30H25FN6O3/c31-24-7-4-21(5-8-24)20-36-12-14-37(15-13-36)30(39)23-6-10-27(33-18-23)29(38)35-25-9-11-28(34-19-25)40-26-3-1-2-22(16-26)17-32/h1-11,16,18-19H,12-15,20H2,(H,35,38). The van der Waals surface area contributed by atoms with Crippen molar-refractivity contribution >= 4 is 17.5 Å². The van der Waals surface area contributed by atoms with Crippen LogP contribution in [0.2, 0.25) is 0 Å². The maximum Gasteiger partial charge on any atom is 0.274 e. The first kappa shape index (κ1) is 26.5. The SMILES string of the molecule is N#Cc1cccc(Oc2ccc(NC(=O)c3ccc(C(=O)N4CCN(Cc5ccc(F)cc5)CC4)cn3)cn2)c1. The number of hydrogen-bond donors (Lipinski definition) is 1. The summed E-state index contributed by atoms with van der Waals surface area (Å²) >= 11 is 0. The Balaban J connectivity index is 1.12. The number of amides is 2. The molecule has 9 nitrogen and oxygen atoms in total. The molecule has 4 aromatic rings. The number of pyridine rings is 2. The Morgan fingerprint density at radius 2 is 1.75 bits per heavy atom. The van der Waals surface area contributed by atoms with E-state index >= 15 is 0 Å². The summed E-state index contributed by atoms with van der Waals surface area (Å²) in [6, 6.07) is 21.6. The van der Waals surface area contributed by atoms with Crippen LogP contribution < -0.4 is 10.1 Å². The Bertz CT molecular complexity index is 1530. The monoisotopic (exact) mass is 536 g/mol. The third-order valence-electron chi connectivity index (χ3n) is 6.40. The van der Waals surface area contributed by atoms with Crippen LogP contribution in [0.25, 0.3) is 0 Å². The fourth-order valence-electron chi connectivity index (χ4n) is 4.25. The van der Waals surface area contributed by atoms with E-state index in [1.165, 1.54) is 30.6 Å². The highest BCUT2D eigenvalue weighted by atomic mass is 19.1. The normalized spacial score (nSPS) is 13.3. The summed E-state index contributed by atoms with van der Waals surface area (Å²) in [5.74, 6) is -0.0418. The molecule has 1 aliphatic rings. The molecule has 0 aliphatic carbocycles. The molecular formula is C30H25FN6O3. The fraction of sp³-hybridized carbons (Fsp3) is 0.167. The van der Waals surface area contributed by atoms with E-state index < -0.39 is 5.91 Å². The van der Waals surface area contributed by atoms with Gasteiger partial charge in [0.15, 0.2) is 0 Å². The maximum absolute atomic E-state index is 13.1. The Morgan fingerprint density at radius 1 is 0.950 bits per heavy atom. The number of piperazine rings is 1. The van der Waals surface area contributed by atoms with Gasteiger partial charge in [-0.15, -0.1) is 0 Å². The summed E-state index contributed by atoms with van der Waals surface area (Å²) in [5, 5.41) is 11.7. The van der Waals surface area contributed by atoms with Gasteiger partial charge in [-0.25, -0.2) is 9.37 Å². The van der Waals surface area contributed by atoms with E-state index in [-0.39, 0.29) is 17.4 Å². The van der Waals surface area contributed by atoms with Crippen molar-refractivity contribution in [1.29, 1.82) is 5.26 Å². The van der Waals surface area contributed by atoms with Gasteiger partial charge in [0.25, 0.3) is 11.8 Å². The van der Waals surface area contributed by atoms with Crippen LogP contribution >= 0.6 is 0 Å². The van der Waals surface area contributed by atoms with E-state index in [2.05, 4.69) is 26.3 Å². The van der Waals surface area contributed by atoms with E-state index in [9.17, 15) is 14.0 Å². The second-order valence-corrected chi connectivity index (χ2v) is 9.21. The molecule has 1 fully saturated rings. The van der Waals surface area contributed by atoms with Crippen LogP contribution in [0.3, 0.4) is 0 Å². The minimum atomic E-state index is -0.439. The summed E-state index contributed by atoms with van der Waals surface area (Å²) in [5.41, 5.74) is 2.52. The number of carbonyl (C=O) groups is 2. The van der Waals surface area contributed by atoms with Crippen LogP contribution in [0.15, 0.2) is 85.2 Å². The molecule has 1 saturated heterocycles. The summed E-state index contributed by atoms with van der Waals surface area (Å²) < 4.78 is 18.8. The number of nitrogens with one attached hydrogen (secondary N) is 1. The van der Waals surface area contributed by atoms with Gasteiger partial charge in [0.1, 0.15) is 17.3 Å². The number of halogens is 1. The molecule has 0 saturated carbocycles. The van der Waals surface area contributed by atoms with Gasteiger partial charge in [-0.3, -0.25) is 19.5 Å². The first-order valence-corrected chi connectivity index (χ1v) is 12.6. The van der Waals surface area contributed by atoms with Crippen LogP contribution in [0, 0.1) is 17.1 Å². The predicted octanol–water partition coefficient (Wildman–Crippen LogP) is 4.49. The number of benzene rings is 2. The van der Waals surface area contributed by atoms with Gasteiger partial charge in [0, 0.05) is 45.0 Å². The third-order valence-corrected chi connectivity index (χ3v) is 6.40. The summed E-state index contributed by atoms with van der Waals surface area (Å²) in [4.78, 5) is 38.0. The van der Waals surface area contributed by atoms with Gasteiger partial charge in [0.05, 0.1) is 29.1 Å². The smallest absolute Gasteiger partial charge is 0.274 e. The van der Waals surface area contributed by atoms with Crippen molar-refractivity contribution < 1.29 is 18.7 Å². The van der Waals surface area contributed by atoms with Gasteiger partial charge in [-0.05, 0) is 54.1 Å². The largest absolute Gasteiger partial charge is 0.439 e. The molecule has 1 aliphatic heterocycles. The summed E-state index contributed by atoms with van der Waals surface area (Å²) in [6.45, 7) is 3.26. The average Bonchev–Trinajstić information content (AvgIpc) is 2.99.